The second kappa shape index (κ2) is 5.95. The first-order valence-electron chi connectivity index (χ1n) is 5.63. The Labute approximate surface area is 110 Å². The van der Waals surface area contributed by atoms with Gasteiger partial charge in [0.15, 0.2) is 0 Å². The van der Waals surface area contributed by atoms with Crippen LogP contribution in [-0.2, 0) is 0 Å². The van der Waals surface area contributed by atoms with Crippen LogP contribution in [0.1, 0.15) is 11.6 Å². The van der Waals surface area contributed by atoms with Crippen molar-refractivity contribution in [1.29, 1.82) is 0 Å². The fourth-order valence-electron chi connectivity index (χ4n) is 2.15. The molecule has 1 saturated heterocycles. The van der Waals surface area contributed by atoms with Gasteiger partial charge in [0.1, 0.15) is 0 Å². The summed E-state index contributed by atoms with van der Waals surface area (Å²) >= 11 is 2.34. The topological polar surface area (TPSA) is 35.5 Å². The molecule has 3 nitrogen and oxygen atoms in total. The summed E-state index contributed by atoms with van der Waals surface area (Å²) < 4.78 is 1.23. The molecule has 0 spiro atoms. The van der Waals surface area contributed by atoms with Crippen LogP contribution in [0.4, 0.5) is 0 Å². The second-order valence-electron chi connectivity index (χ2n) is 4.01. The van der Waals surface area contributed by atoms with Gasteiger partial charge in [-0.25, -0.2) is 0 Å². The van der Waals surface area contributed by atoms with Crippen LogP contribution in [0.2, 0.25) is 0 Å². The Morgan fingerprint density at radius 1 is 1.31 bits per heavy atom. The molecule has 0 radical (unpaired) electrons. The van der Waals surface area contributed by atoms with E-state index in [1.165, 1.54) is 9.13 Å². The Morgan fingerprint density at radius 2 is 2.00 bits per heavy atom. The number of nitrogens with zero attached hydrogens (tertiary/aromatic N) is 1. The van der Waals surface area contributed by atoms with E-state index in [1.807, 2.05) is 12.1 Å². The number of rotatable bonds is 3. The molecule has 0 unspecified atom stereocenters. The van der Waals surface area contributed by atoms with Crippen molar-refractivity contribution >= 4 is 22.6 Å². The third kappa shape index (κ3) is 2.74. The number of aliphatic hydroxyl groups is 1. The van der Waals surface area contributed by atoms with E-state index in [0.29, 0.717) is 0 Å². The van der Waals surface area contributed by atoms with Crippen molar-refractivity contribution in [2.24, 2.45) is 0 Å². The molecule has 1 aromatic rings. The zero-order chi connectivity index (χ0) is 11.4. The van der Waals surface area contributed by atoms with Crippen molar-refractivity contribution in [3.63, 3.8) is 0 Å². The van der Waals surface area contributed by atoms with Gasteiger partial charge in [-0.05, 0) is 34.2 Å². The molecule has 0 amide bonds. The normalized spacial score (nSPS) is 19.6. The molecule has 0 aromatic heterocycles. The van der Waals surface area contributed by atoms with Crippen molar-refractivity contribution in [1.82, 2.24) is 10.2 Å². The molecule has 16 heavy (non-hydrogen) atoms. The standard InChI is InChI=1S/C12H17IN2O/c13-11-4-2-1-3-10(11)12(9-16)15-7-5-14-6-8-15/h1-4,12,14,16H,5-9H2/t12-/m1/s1. The van der Waals surface area contributed by atoms with Crippen LogP contribution >= 0.6 is 22.6 Å². The van der Waals surface area contributed by atoms with Crippen LogP contribution < -0.4 is 5.32 Å². The molecule has 2 N–H and O–H groups in total. The number of hydrogen-bond donors (Lipinski definition) is 2. The minimum absolute atomic E-state index is 0.148. The highest BCUT2D eigenvalue weighted by atomic mass is 127. The Balaban J connectivity index is 2.18. The van der Waals surface area contributed by atoms with Crippen LogP contribution in [0.15, 0.2) is 24.3 Å². The number of nitrogens with one attached hydrogen (secondary N) is 1. The monoisotopic (exact) mass is 332 g/mol. The SMILES string of the molecule is OC[C@H](c1ccccc1I)N1CCNCC1. The highest BCUT2D eigenvalue weighted by Crippen LogP contribution is 2.25. The maximum absolute atomic E-state index is 9.59. The first-order chi connectivity index (χ1) is 7.83. The molecule has 88 valence electrons. The summed E-state index contributed by atoms with van der Waals surface area (Å²) in [6.45, 7) is 4.24. The lowest BCUT2D eigenvalue weighted by molar-refractivity contribution is 0.110. The third-order valence-electron chi connectivity index (χ3n) is 3.03. The third-order valence-corrected chi connectivity index (χ3v) is 4.01. The Bertz CT molecular complexity index is 340. The lowest BCUT2D eigenvalue weighted by atomic mass is 10.1. The molecular formula is C12H17IN2O. The molecule has 0 saturated carbocycles. The number of halogens is 1. The van der Waals surface area contributed by atoms with Gasteiger partial charge in [-0.1, -0.05) is 18.2 Å². The number of hydrogen-bond acceptors (Lipinski definition) is 3. The maximum Gasteiger partial charge on any atom is 0.0629 e. The van der Waals surface area contributed by atoms with Crippen LogP contribution in [0.25, 0.3) is 0 Å². The fraction of sp³-hybridized carbons (Fsp3) is 0.500. The van der Waals surface area contributed by atoms with Crippen molar-refractivity contribution in [3.8, 4) is 0 Å². The minimum atomic E-state index is 0.148. The predicted molar refractivity (Wildman–Crippen MR) is 73.4 cm³/mol. The predicted octanol–water partition coefficient (Wildman–Crippen LogP) is 1.23. The van der Waals surface area contributed by atoms with Crippen LogP contribution in [0.5, 0.6) is 0 Å². The van der Waals surface area contributed by atoms with E-state index >= 15 is 0 Å². The van der Waals surface area contributed by atoms with Crippen molar-refractivity contribution in [2.45, 2.75) is 6.04 Å². The smallest absolute Gasteiger partial charge is 0.0629 e. The van der Waals surface area contributed by atoms with Gasteiger partial charge in [0.25, 0.3) is 0 Å². The largest absolute Gasteiger partial charge is 0.394 e. The lowest BCUT2D eigenvalue weighted by Crippen LogP contribution is -2.46. The van der Waals surface area contributed by atoms with Crippen LogP contribution in [0, 0.1) is 3.57 Å². The lowest BCUT2D eigenvalue weighted by Gasteiger charge is -2.34. The minimum Gasteiger partial charge on any atom is -0.394 e. The van der Waals surface area contributed by atoms with Gasteiger partial charge in [-0.3, -0.25) is 4.90 Å². The van der Waals surface area contributed by atoms with E-state index in [1.54, 1.807) is 0 Å². The van der Waals surface area contributed by atoms with Gasteiger partial charge in [-0.2, -0.15) is 0 Å². The van der Waals surface area contributed by atoms with Gasteiger partial charge in [0, 0.05) is 29.7 Å². The zero-order valence-corrected chi connectivity index (χ0v) is 11.4. The molecule has 2 rings (SSSR count). The first-order valence-corrected chi connectivity index (χ1v) is 6.71. The molecular weight excluding hydrogens is 315 g/mol. The van der Waals surface area contributed by atoms with Crippen molar-refractivity contribution in [3.05, 3.63) is 33.4 Å². The highest BCUT2D eigenvalue weighted by molar-refractivity contribution is 14.1. The number of aliphatic hydroxyl groups excluding tert-OH is 1. The molecule has 0 bridgehead atoms. The fourth-order valence-corrected chi connectivity index (χ4v) is 2.90. The molecule has 1 aromatic carbocycles. The molecule has 1 heterocycles. The van der Waals surface area contributed by atoms with Gasteiger partial charge >= 0.3 is 0 Å². The van der Waals surface area contributed by atoms with E-state index in [0.717, 1.165) is 26.2 Å². The number of benzene rings is 1. The van der Waals surface area contributed by atoms with Gasteiger partial charge in [0.05, 0.1) is 12.6 Å². The molecule has 1 aliphatic heterocycles. The molecule has 1 aliphatic rings. The quantitative estimate of drug-likeness (QED) is 0.818. The first kappa shape index (κ1) is 12.3. The summed E-state index contributed by atoms with van der Waals surface area (Å²) in [5.74, 6) is 0. The maximum atomic E-state index is 9.59. The average Bonchev–Trinajstić information content (AvgIpc) is 2.34. The van der Waals surface area contributed by atoms with Crippen LogP contribution in [0.3, 0.4) is 0 Å². The second-order valence-corrected chi connectivity index (χ2v) is 5.17. The van der Waals surface area contributed by atoms with E-state index in [2.05, 4.69) is 44.9 Å². The van der Waals surface area contributed by atoms with Crippen LogP contribution in [-0.4, -0.2) is 42.8 Å². The summed E-state index contributed by atoms with van der Waals surface area (Å²) in [7, 11) is 0. The van der Waals surface area contributed by atoms with E-state index in [4.69, 9.17) is 0 Å². The van der Waals surface area contributed by atoms with Crippen molar-refractivity contribution in [2.75, 3.05) is 32.8 Å². The summed E-state index contributed by atoms with van der Waals surface area (Å²) in [4.78, 5) is 2.36. The number of piperazine rings is 1. The van der Waals surface area contributed by atoms with Gasteiger partial charge < -0.3 is 10.4 Å². The van der Waals surface area contributed by atoms with Crippen molar-refractivity contribution < 1.29 is 5.11 Å². The molecule has 0 aliphatic carbocycles. The Kier molecular flexibility index (Phi) is 4.57. The molecule has 1 fully saturated rings. The Hall–Kier alpha value is -0.170. The molecule has 4 heteroatoms. The van der Waals surface area contributed by atoms with E-state index in [-0.39, 0.29) is 12.6 Å². The van der Waals surface area contributed by atoms with Gasteiger partial charge in [-0.15, -0.1) is 0 Å². The summed E-state index contributed by atoms with van der Waals surface area (Å²) in [5.41, 5.74) is 1.24. The van der Waals surface area contributed by atoms with Gasteiger partial charge in [0.2, 0.25) is 0 Å². The summed E-state index contributed by atoms with van der Waals surface area (Å²) in [6, 6.07) is 8.45. The summed E-state index contributed by atoms with van der Waals surface area (Å²) in [6.07, 6.45) is 0. The zero-order valence-electron chi connectivity index (χ0n) is 9.19. The average molecular weight is 332 g/mol. The summed E-state index contributed by atoms with van der Waals surface area (Å²) in [5, 5.41) is 12.9. The van der Waals surface area contributed by atoms with E-state index < -0.39 is 0 Å². The molecule has 1 atom stereocenters. The van der Waals surface area contributed by atoms with E-state index in [9.17, 15) is 5.11 Å². The highest BCUT2D eigenvalue weighted by Gasteiger charge is 2.22. The Morgan fingerprint density at radius 3 is 2.62 bits per heavy atom.